The second-order valence-electron chi connectivity index (χ2n) is 11.4. The van der Waals surface area contributed by atoms with Crippen LogP contribution in [-0.2, 0) is 14.4 Å². The summed E-state index contributed by atoms with van der Waals surface area (Å²) in [5.41, 5.74) is 0.694. The Morgan fingerprint density at radius 3 is 2.36 bits per heavy atom. The molecule has 7 nitrogen and oxygen atoms in total. The van der Waals surface area contributed by atoms with Gasteiger partial charge in [0, 0.05) is 35.1 Å². The minimum Gasteiger partial charge on any atom is -0.394 e. The van der Waals surface area contributed by atoms with Crippen LogP contribution in [0.5, 0.6) is 0 Å². The lowest BCUT2D eigenvalue weighted by molar-refractivity contribution is -0.146. The zero-order valence-corrected chi connectivity index (χ0v) is 24.6. The highest BCUT2D eigenvalue weighted by Crippen LogP contribution is 2.66. The summed E-state index contributed by atoms with van der Waals surface area (Å²) in [7, 11) is 0. The molecule has 0 aliphatic carbocycles. The van der Waals surface area contributed by atoms with Gasteiger partial charge in [-0.3, -0.25) is 14.4 Å². The molecule has 4 aliphatic heterocycles. The molecule has 7 atom stereocenters. The molecule has 0 radical (unpaired) electrons. The first kappa shape index (κ1) is 28.2. The molecule has 3 amide bonds. The molecule has 2 fully saturated rings. The Kier molecular flexibility index (Phi) is 7.68. The normalized spacial score (nSPS) is 33.5. The van der Waals surface area contributed by atoms with E-state index >= 15 is 0 Å². The number of nitrogens with zero attached hydrogens (tertiary/aromatic N) is 3. The summed E-state index contributed by atoms with van der Waals surface area (Å²) < 4.78 is -1.58. The van der Waals surface area contributed by atoms with Crippen molar-refractivity contribution in [3.63, 3.8) is 0 Å². The molecule has 1 unspecified atom stereocenters. The Balaban J connectivity index is 1.68. The van der Waals surface area contributed by atoms with Crippen LogP contribution in [-0.4, -0.2) is 80.4 Å². The second kappa shape index (κ2) is 10.6. The van der Waals surface area contributed by atoms with Crippen LogP contribution < -0.4 is 4.90 Å². The molecule has 0 saturated carbocycles. The number of aliphatic hydroxyl groups is 1. The predicted molar refractivity (Wildman–Crippen MR) is 156 cm³/mol. The molecular weight excluding hydrogens is 534 g/mol. The lowest BCUT2D eigenvalue weighted by Crippen LogP contribution is -2.58. The van der Waals surface area contributed by atoms with Crippen LogP contribution in [0.3, 0.4) is 0 Å². The van der Waals surface area contributed by atoms with Gasteiger partial charge < -0.3 is 19.8 Å². The molecule has 4 heterocycles. The first-order valence-corrected chi connectivity index (χ1v) is 15.2. The van der Waals surface area contributed by atoms with E-state index in [-0.39, 0.29) is 30.2 Å². The smallest absolute Gasteiger partial charge is 0.251 e. The summed E-state index contributed by atoms with van der Waals surface area (Å²) in [6.45, 7) is 9.33. The number of rotatable bonds is 7. The van der Waals surface area contributed by atoms with Crippen molar-refractivity contribution < 1.29 is 19.5 Å². The summed E-state index contributed by atoms with van der Waals surface area (Å²) in [5.74, 6) is -1.79. The Labute approximate surface area is 240 Å². The topological polar surface area (TPSA) is 81.2 Å². The van der Waals surface area contributed by atoms with Crippen molar-refractivity contribution in [2.24, 2.45) is 17.8 Å². The van der Waals surface area contributed by atoms with Crippen LogP contribution >= 0.6 is 23.4 Å². The summed E-state index contributed by atoms with van der Waals surface area (Å²) in [4.78, 5) is 48.5. The number of anilines is 1. The molecular formula is C30H38ClN3O4S. The van der Waals surface area contributed by atoms with E-state index in [1.54, 1.807) is 33.7 Å². The number of hydrogen-bond acceptors (Lipinski definition) is 5. The number of carbonyl (C=O) groups is 3. The molecule has 210 valence electrons. The molecule has 5 rings (SSSR count). The molecule has 9 heteroatoms. The third-order valence-electron chi connectivity index (χ3n) is 9.06. The van der Waals surface area contributed by atoms with Gasteiger partial charge in [-0.15, -0.1) is 11.8 Å². The van der Waals surface area contributed by atoms with Gasteiger partial charge in [0.05, 0.1) is 29.2 Å². The first-order chi connectivity index (χ1) is 18.6. The fraction of sp³-hybridized carbons (Fsp3) is 0.567. The maximum Gasteiger partial charge on any atom is 0.251 e. The molecule has 4 aliphatic rings. The van der Waals surface area contributed by atoms with Gasteiger partial charge in [-0.1, -0.05) is 63.1 Å². The van der Waals surface area contributed by atoms with Gasteiger partial charge in [-0.2, -0.15) is 0 Å². The Bertz CT molecular complexity index is 1210. The van der Waals surface area contributed by atoms with Crippen molar-refractivity contribution in [2.75, 3.05) is 31.1 Å². The number of benzene rings is 1. The van der Waals surface area contributed by atoms with Gasteiger partial charge in [0.1, 0.15) is 6.04 Å². The van der Waals surface area contributed by atoms with E-state index in [2.05, 4.69) is 6.08 Å². The van der Waals surface area contributed by atoms with Crippen LogP contribution in [0.25, 0.3) is 0 Å². The minimum absolute atomic E-state index is 0.0310. The highest BCUT2D eigenvalue weighted by Gasteiger charge is 2.74. The standard InChI is InChI=1S/C30H38ClN3O4S/c1-5-15-32-16-7-13-29(4)23(26(32)36)24-27(37)34(22(18-35)19(3)6-2)25-28(38)33(17-8-14-30(24,25)39-29)21-11-9-20(31)10-12-21/h7-14,19,22-25,35H,5-6,15-18H2,1-4H3/t19-,22-,23-,24-,25?,29+,30-/m0/s1. The SMILES string of the molecule is CCCN1CC=C[C@@]2(C)S[C@]34C=CCN(c5ccc(Cl)cc5)C(=O)C3N([C@@H](CO)[C@@H](C)CC)C(=O)[C@@H]4[C@H]2C1=O. The number of carbonyl (C=O) groups excluding carboxylic acids is 3. The number of aliphatic hydroxyl groups excluding tert-OH is 1. The Hall–Kier alpha value is -2.29. The van der Waals surface area contributed by atoms with E-state index in [0.717, 1.165) is 12.8 Å². The molecule has 1 aromatic rings. The number of fused-ring (bicyclic) bond motifs is 2. The van der Waals surface area contributed by atoms with Gasteiger partial charge in [0.15, 0.2) is 0 Å². The van der Waals surface area contributed by atoms with Crippen molar-refractivity contribution in [3.8, 4) is 0 Å². The first-order valence-electron chi connectivity index (χ1n) is 14.0. The zero-order valence-electron chi connectivity index (χ0n) is 23.0. The van der Waals surface area contributed by atoms with Crippen molar-refractivity contribution in [3.05, 3.63) is 53.6 Å². The van der Waals surface area contributed by atoms with E-state index in [9.17, 15) is 19.5 Å². The molecule has 39 heavy (non-hydrogen) atoms. The highest BCUT2D eigenvalue weighted by atomic mass is 35.5. The lowest BCUT2D eigenvalue weighted by atomic mass is 9.74. The quantitative estimate of drug-likeness (QED) is 0.497. The van der Waals surface area contributed by atoms with Crippen molar-refractivity contribution in [1.29, 1.82) is 0 Å². The minimum atomic E-state index is -0.940. The average molecular weight is 572 g/mol. The fourth-order valence-electron chi connectivity index (χ4n) is 7.01. The van der Waals surface area contributed by atoms with Crippen LogP contribution in [0.1, 0.15) is 40.5 Å². The van der Waals surface area contributed by atoms with Crippen molar-refractivity contribution >= 4 is 46.8 Å². The number of likely N-dealkylation sites (tertiary alicyclic amines) is 1. The van der Waals surface area contributed by atoms with E-state index < -0.39 is 33.4 Å². The van der Waals surface area contributed by atoms with Gasteiger partial charge in [-0.25, -0.2) is 0 Å². The summed E-state index contributed by atoms with van der Waals surface area (Å²) in [5, 5.41) is 11.1. The monoisotopic (exact) mass is 571 g/mol. The van der Waals surface area contributed by atoms with Crippen LogP contribution in [0, 0.1) is 17.8 Å². The number of thioether (sulfide) groups is 1. The largest absolute Gasteiger partial charge is 0.394 e. The molecule has 1 N–H and O–H groups in total. The van der Waals surface area contributed by atoms with Gasteiger partial charge >= 0.3 is 0 Å². The van der Waals surface area contributed by atoms with E-state index in [1.165, 1.54) is 0 Å². The molecule has 1 aromatic carbocycles. The summed E-state index contributed by atoms with van der Waals surface area (Å²) in [6, 6.07) is 5.73. The molecule has 0 aromatic heterocycles. The Morgan fingerprint density at radius 2 is 1.72 bits per heavy atom. The van der Waals surface area contributed by atoms with Gasteiger partial charge in [-0.05, 0) is 43.5 Å². The third-order valence-corrected chi connectivity index (χ3v) is 11.1. The maximum atomic E-state index is 14.6. The number of halogens is 1. The predicted octanol–water partition coefficient (Wildman–Crippen LogP) is 4.15. The zero-order chi connectivity index (χ0) is 28.1. The summed E-state index contributed by atoms with van der Waals surface area (Å²) >= 11 is 7.71. The fourth-order valence-corrected chi connectivity index (χ4v) is 9.28. The number of hydrogen-bond donors (Lipinski definition) is 1. The third kappa shape index (κ3) is 4.34. The Morgan fingerprint density at radius 1 is 1.03 bits per heavy atom. The van der Waals surface area contributed by atoms with Gasteiger partial charge in [0.2, 0.25) is 11.8 Å². The second-order valence-corrected chi connectivity index (χ2v) is 13.6. The molecule has 1 spiro atoms. The van der Waals surface area contributed by atoms with Crippen LogP contribution in [0.2, 0.25) is 5.02 Å². The number of amides is 3. The summed E-state index contributed by atoms with van der Waals surface area (Å²) in [6.07, 6.45) is 9.67. The van der Waals surface area contributed by atoms with Crippen molar-refractivity contribution in [2.45, 2.75) is 62.1 Å². The van der Waals surface area contributed by atoms with Crippen LogP contribution in [0.4, 0.5) is 5.69 Å². The molecule has 2 saturated heterocycles. The van der Waals surface area contributed by atoms with E-state index in [1.807, 2.05) is 63.0 Å². The highest BCUT2D eigenvalue weighted by molar-refractivity contribution is 8.02. The lowest BCUT2D eigenvalue weighted by Gasteiger charge is -2.41. The average Bonchev–Trinajstić information content (AvgIpc) is 3.19. The van der Waals surface area contributed by atoms with E-state index in [4.69, 9.17) is 11.6 Å². The van der Waals surface area contributed by atoms with E-state index in [0.29, 0.717) is 30.3 Å². The van der Waals surface area contributed by atoms with Crippen molar-refractivity contribution in [1.82, 2.24) is 9.80 Å². The molecule has 0 bridgehead atoms. The maximum absolute atomic E-state index is 14.6. The van der Waals surface area contributed by atoms with Crippen LogP contribution in [0.15, 0.2) is 48.6 Å². The van der Waals surface area contributed by atoms with Gasteiger partial charge in [0.25, 0.3) is 5.91 Å².